The number of rotatable bonds is 7. The van der Waals surface area contributed by atoms with E-state index in [-0.39, 0.29) is 23.1 Å². The van der Waals surface area contributed by atoms with Crippen LogP contribution in [0.15, 0.2) is 46.3 Å². The third-order valence-electron chi connectivity index (χ3n) is 4.58. The molecule has 7 nitrogen and oxygen atoms in total. The second-order valence-corrected chi connectivity index (χ2v) is 8.62. The molecule has 1 atom stereocenters. The summed E-state index contributed by atoms with van der Waals surface area (Å²) >= 11 is 6.79. The van der Waals surface area contributed by atoms with E-state index in [0.717, 1.165) is 23.9 Å². The van der Waals surface area contributed by atoms with Gasteiger partial charge in [-0.3, -0.25) is 4.79 Å². The zero-order valence-electron chi connectivity index (χ0n) is 18.0. The van der Waals surface area contributed by atoms with Gasteiger partial charge in [-0.15, -0.1) is 0 Å². The van der Waals surface area contributed by atoms with Gasteiger partial charge in [-0.25, -0.2) is 0 Å². The Morgan fingerprint density at radius 1 is 1.21 bits per heavy atom. The summed E-state index contributed by atoms with van der Waals surface area (Å²) in [6.45, 7) is -0.332. The number of aliphatic imine (C=N–C) groups is 1. The number of hydrogen-bond acceptors (Lipinski definition) is 7. The van der Waals surface area contributed by atoms with Gasteiger partial charge in [0.25, 0.3) is 5.91 Å². The topological polar surface area (TPSA) is 91.6 Å². The van der Waals surface area contributed by atoms with Gasteiger partial charge in [-0.2, -0.15) is 18.2 Å². The number of halogens is 4. The molecule has 1 amide bonds. The highest BCUT2D eigenvalue weighted by Crippen LogP contribution is 2.42. The third kappa shape index (κ3) is 6.23. The van der Waals surface area contributed by atoms with Crippen molar-refractivity contribution in [3.8, 4) is 17.2 Å². The molecule has 34 heavy (non-hydrogen) atoms. The van der Waals surface area contributed by atoms with Crippen molar-refractivity contribution in [1.29, 1.82) is 0 Å². The van der Waals surface area contributed by atoms with Crippen molar-refractivity contribution in [2.75, 3.05) is 27.3 Å². The predicted octanol–water partition coefficient (Wildman–Crippen LogP) is 4.42. The molecule has 0 aliphatic carbocycles. The summed E-state index contributed by atoms with van der Waals surface area (Å²) in [5.74, 6) is -0.732. The second kappa shape index (κ2) is 10.7. The molecule has 1 aliphatic heterocycles. The summed E-state index contributed by atoms with van der Waals surface area (Å²) in [6, 6.07) is 7.68. The Kier molecular flexibility index (Phi) is 8.13. The molecule has 1 unspecified atom stereocenters. The van der Waals surface area contributed by atoms with Crippen LogP contribution in [0.5, 0.6) is 17.2 Å². The highest BCUT2D eigenvalue weighted by Gasteiger charge is 2.35. The lowest BCUT2D eigenvalue weighted by molar-refractivity contribution is -0.138. The number of ether oxygens (including phenoxy) is 2. The summed E-state index contributed by atoms with van der Waals surface area (Å²) in [5.41, 5.74) is -0.497. The van der Waals surface area contributed by atoms with E-state index in [1.54, 1.807) is 24.1 Å². The standard InChI is InChI=1S/C22H20ClF3N2O5S/c1-28(10-14(30)11-29)21-27-20(31)19(34-21)8-12-3-5-17(18(7-12)32-2)33-16-6-4-13(23)9-15(16)22(24,25)26/h3-9,14,29-30H,10-11H2,1-2H3/b19-8+. The maximum Gasteiger partial charge on any atom is 0.420 e. The Balaban J connectivity index is 1.82. The maximum atomic E-state index is 13.4. The lowest BCUT2D eigenvalue weighted by atomic mass is 10.1. The number of carbonyl (C=O) groups excluding carboxylic acids is 1. The van der Waals surface area contributed by atoms with Gasteiger partial charge in [0.05, 0.1) is 30.3 Å². The van der Waals surface area contributed by atoms with Crippen LogP contribution in [0.1, 0.15) is 11.1 Å². The number of carbonyl (C=O) groups is 1. The number of amidine groups is 1. The first-order valence-corrected chi connectivity index (χ1v) is 11.0. The molecular weight excluding hydrogens is 497 g/mol. The number of methoxy groups -OCH3 is 1. The first kappa shape index (κ1) is 25.9. The predicted molar refractivity (Wildman–Crippen MR) is 123 cm³/mol. The van der Waals surface area contributed by atoms with Crippen molar-refractivity contribution in [1.82, 2.24) is 4.90 Å². The van der Waals surface area contributed by atoms with E-state index >= 15 is 0 Å². The van der Waals surface area contributed by atoms with Gasteiger partial charge in [0.15, 0.2) is 16.7 Å². The zero-order valence-corrected chi connectivity index (χ0v) is 19.5. The Morgan fingerprint density at radius 3 is 2.56 bits per heavy atom. The van der Waals surface area contributed by atoms with E-state index in [1.807, 2.05) is 0 Å². The van der Waals surface area contributed by atoms with Gasteiger partial charge in [0.2, 0.25) is 0 Å². The molecule has 0 bridgehead atoms. The number of benzene rings is 2. The van der Waals surface area contributed by atoms with Crippen LogP contribution in [0.25, 0.3) is 6.08 Å². The van der Waals surface area contributed by atoms with E-state index in [4.69, 9.17) is 26.2 Å². The third-order valence-corrected chi connectivity index (χ3v) is 5.92. The van der Waals surface area contributed by atoms with Crippen LogP contribution >= 0.6 is 23.4 Å². The summed E-state index contributed by atoms with van der Waals surface area (Å²) in [4.78, 5) is 18.1. The number of nitrogens with zero attached hydrogens (tertiary/aromatic N) is 2. The number of amides is 1. The molecule has 0 spiro atoms. The van der Waals surface area contributed by atoms with Crippen LogP contribution in [0.2, 0.25) is 5.02 Å². The minimum atomic E-state index is -4.67. The van der Waals surface area contributed by atoms with Gasteiger partial charge in [0.1, 0.15) is 5.75 Å². The monoisotopic (exact) mass is 516 g/mol. The Labute approximate surface area is 202 Å². The Bertz CT molecular complexity index is 1140. The van der Waals surface area contributed by atoms with E-state index in [0.29, 0.717) is 15.6 Å². The van der Waals surface area contributed by atoms with Gasteiger partial charge in [-0.1, -0.05) is 17.7 Å². The van der Waals surface area contributed by atoms with Crippen molar-refractivity contribution in [3.63, 3.8) is 0 Å². The lowest BCUT2D eigenvalue weighted by Crippen LogP contribution is -2.33. The highest BCUT2D eigenvalue weighted by atomic mass is 35.5. The zero-order chi connectivity index (χ0) is 25.0. The van der Waals surface area contributed by atoms with Crippen LogP contribution in [0.3, 0.4) is 0 Å². The van der Waals surface area contributed by atoms with Crippen LogP contribution in [-0.4, -0.2) is 59.6 Å². The van der Waals surface area contributed by atoms with Crippen molar-refractivity contribution in [3.05, 3.63) is 57.5 Å². The van der Waals surface area contributed by atoms with Crippen LogP contribution in [0.4, 0.5) is 13.2 Å². The number of likely N-dealkylation sites (N-methyl/N-ethyl adjacent to an activating group) is 1. The summed E-state index contributed by atoms with van der Waals surface area (Å²) in [6.07, 6.45) is -4.10. The largest absolute Gasteiger partial charge is 0.493 e. The minimum Gasteiger partial charge on any atom is -0.493 e. The molecule has 3 rings (SSSR count). The molecule has 0 saturated heterocycles. The molecule has 12 heteroatoms. The Morgan fingerprint density at radius 2 is 1.91 bits per heavy atom. The SMILES string of the molecule is COc1cc(/C=C2/SC(N(C)CC(O)CO)=NC2=O)ccc1Oc1ccc(Cl)cc1C(F)(F)F. The first-order chi connectivity index (χ1) is 16.0. The van der Waals surface area contributed by atoms with Gasteiger partial charge >= 0.3 is 6.18 Å². The van der Waals surface area contributed by atoms with Crippen LogP contribution < -0.4 is 9.47 Å². The molecule has 0 aromatic heterocycles. The van der Waals surface area contributed by atoms with Gasteiger partial charge in [-0.05, 0) is 53.7 Å². The number of aliphatic hydroxyl groups excluding tert-OH is 2. The molecule has 2 N–H and O–H groups in total. The molecule has 0 radical (unpaired) electrons. The Hall–Kier alpha value is -2.73. The van der Waals surface area contributed by atoms with E-state index in [2.05, 4.69) is 4.99 Å². The first-order valence-electron chi connectivity index (χ1n) is 9.77. The number of alkyl halides is 3. The van der Waals surface area contributed by atoms with Crippen molar-refractivity contribution < 1.29 is 37.7 Å². The lowest BCUT2D eigenvalue weighted by Gasteiger charge is -2.20. The van der Waals surface area contributed by atoms with Crippen molar-refractivity contribution in [2.24, 2.45) is 4.99 Å². The van der Waals surface area contributed by atoms with E-state index < -0.39 is 36.1 Å². The normalized spacial score (nSPS) is 15.9. The summed E-state index contributed by atoms with van der Waals surface area (Å²) in [5, 5.41) is 18.8. The quantitative estimate of drug-likeness (QED) is 0.526. The fraction of sp³-hybridized carbons (Fsp3) is 0.273. The number of aliphatic hydroxyl groups is 2. The van der Waals surface area contributed by atoms with Crippen LogP contribution in [0, 0.1) is 0 Å². The van der Waals surface area contributed by atoms with E-state index in [9.17, 15) is 23.1 Å². The van der Waals surface area contributed by atoms with Crippen LogP contribution in [-0.2, 0) is 11.0 Å². The maximum absolute atomic E-state index is 13.4. The fourth-order valence-electron chi connectivity index (χ4n) is 2.95. The molecule has 2 aromatic rings. The fourth-order valence-corrected chi connectivity index (χ4v) is 4.01. The van der Waals surface area contributed by atoms with E-state index in [1.165, 1.54) is 25.3 Å². The average Bonchev–Trinajstić information content (AvgIpc) is 3.15. The van der Waals surface area contributed by atoms with Crippen molar-refractivity contribution >= 4 is 40.5 Å². The minimum absolute atomic E-state index is 0.0394. The number of thioether (sulfide) groups is 1. The molecule has 1 heterocycles. The second-order valence-electron chi connectivity index (χ2n) is 7.18. The molecule has 0 fully saturated rings. The summed E-state index contributed by atoms with van der Waals surface area (Å²) < 4.78 is 50.9. The van der Waals surface area contributed by atoms with Gasteiger partial charge < -0.3 is 24.6 Å². The average molecular weight is 517 g/mol. The molecule has 0 saturated carbocycles. The molecular formula is C22H20ClF3N2O5S. The molecule has 2 aromatic carbocycles. The van der Waals surface area contributed by atoms with Crippen molar-refractivity contribution in [2.45, 2.75) is 12.3 Å². The molecule has 182 valence electrons. The molecule has 1 aliphatic rings. The highest BCUT2D eigenvalue weighted by molar-refractivity contribution is 8.18. The summed E-state index contributed by atoms with van der Waals surface area (Å²) in [7, 11) is 2.96. The van der Waals surface area contributed by atoms with Gasteiger partial charge in [0, 0.05) is 18.6 Å². The number of hydrogen-bond donors (Lipinski definition) is 2. The smallest absolute Gasteiger partial charge is 0.420 e.